The highest BCUT2D eigenvalue weighted by Gasteiger charge is 2.14. The van der Waals surface area contributed by atoms with Gasteiger partial charge in [-0.3, -0.25) is 4.79 Å². The van der Waals surface area contributed by atoms with Crippen LogP contribution in [-0.4, -0.2) is 33.8 Å². The molecular formula is C25H23N5O. The molecule has 0 radical (unpaired) electrons. The van der Waals surface area contributed by atoms with Gasteiger partial charge < -0.3 is 14.8 Å². The molecule has 1 amide bonds. The molecule has 3 heterocycles. The van der Waals surface area contributed by atoms with Crippen LogP contribution in [0.5, 0.6) is 0 Å². The summed E-state index contributed by atoms with van der Waals surface area (Å²) in [6.45, 7) is 2.11. The van der Waals surface area contributed by atoms with Gasteiger partial charge in [-0.15, -0.1) is 10.2 Å². The van der Waals surface area contributed by atoms with Crippen LogP contribution in [0.25, 0.3) is 16.9 Å². The molecule has 154 valence electrons. The molecule has 1 aliphatic rings. The lowest BCUT2D eigenvalue weighted by Gasteiger charge is -2.15. The highest BCUT2D eigenvalue weighted by molar-refractivity contribution is 6.04. The van der Waals surface area contributed by atoms with Gasteiger partial charge in [0.1, 0.15) is 0 Å². The van der Waals surface area contributed by atoms with Crippen LogP contribution in [0.15, 0.2) is 85.2 Å². The summed E-state index contributed by atoms with van der Waals surface area (Å²) in [6.07, 6.45) is 6.38. The monoisotopic (exact) mass is 409 g/mol. The van der Waals surface area contributed by atoms with E-state index < -0.39 is 0 Å². The normalized spacial score (nSPS) is 13.4. The Morgan fingerprint density at radius 1 is 0.806 bits per heavy atom. The zero-order valence-corrected chi connectivity index (χ0v) is 17.1. The van der Waals surface area contributed by atoms with Gasteiger partial charge in [-0.2, -0.15) is 0 Å². The number of carbonyl (C=O) groups excluding carboxylic acids is 1. The number of nitrogens with zero attached hydrogens (tertiary/aromatic N) is 4. The zero-order valence-electron chi connectivity index (χ0n) is 17.1. The summed E-state index contributed by atoms with van der Waals surface area (Å²) in [7, 11) is 0. The minimum absolute atomic E-state index is 0.137. The van der Waals surface area contributed by atoms with Gasteiger partial charge in [-0.25, -0.2) is 0 Å². The fraction of sp³-hybridized carbons (Fsp3) is 0.160. The van der Waals surface area contributed by atoms with Crippen molar-refractivity contribution < 1.29 is 4.79 Å². The standard InChI is InChI=1S/C25H23N5O/c31-25(20-7-11-22(12-8-20)29-15-1-2-16-29)26-21-9-5-19(6-10-21)23-13-14-24(28-27-23)30-17-3-4-18-30/h1-2,5-16H,3-4,17-18H2,(H,26,31). The minimum Gasteiger partial charge on any atom is -0.355 e. The summed E-state index contributed by atoms with van der Waals surface area (Å²) in [5.74, 6) is 0.800. The molecule has 0 aliphatic carbocycles. The Labute approximate surface area is 181 Å². The van der Waals surface area contributed by atoms with Crippen LogP contribution in [0.2, 0.25) is 0 Å². The van der Waals surface area contributed by atoms with E-state index in [2.05, 4.69) is 20.4 Å². The number of rotatable bonds is 5. The third kappa shape index (κ3) is 4.19. The molecule has 1 aliphatic heterocycles. The van der Waals surface area contributed by atoms with E-state index in [4.69, 9.17) is 0 Å². The van der Waals surface area contributed by atoms with Gasteiger partial charge >= 0.3 is 0 Å². The van der Waals surface area contributed by atoms with Crippen molar-refractivity contribution in [3.05, 3.63) is 90.8 Å². The smallest absolute Gasteiger partial charge is 0.255 e. The Morgan fingerprint density at radius 2 is 1.52 bits per heavy atom. The fourth-order valence-corrected chi connectivity index (χ4v) is 3.81. The topological polar surface area (TPSA) is 63.1 Å². The summed E-state index contributed by atoms with van der Waals surface area (Å²) < 4.78 is 2.00. The van der Waals surface area contributed by atoms with E-state index in [1.165, 1.54) is 12.8 Å². The van der Waals surface area contributed by atoms with Gasteiger partial charge in [0.15, 0.2) is 5.82 Å². The molecule has 0 unspecified atom stereocenters. The lowest BCUT2D eigenvalue weighted by molar-refractivity contribution is 0.102. The van der Waals surface area contributed by atoms with E-state index in [0.29, 0.717) is 5.56 Å². The van der Waals surface area contributed by atoms with Gasteiger partial charge in [0.2, 0.25) is 0 Å². The van der Waals surface area contributed by atoms with Crippen molar-refractivity contribution in [2.45, 2.75) is 12.8 Å². The molecule has 0 bridgehead atoms. The number of benzene rings is 2. The zero-order chi connectivity index (χ0) is 21.0. The second-order valence-corrected chi connectivity index (χ2v) is 7.64. The number of aromatic nitrogens is 3. The maximum absolute atomic E-state index is 12.6. The molecule has 0 saturated carbocycles. The van der Waals surface area contributed by atoms with E-state index in [-0.39, 0.29) is 5.91 Å². The van der Waals surface area contributed by atoms with Crippen molar-refractivity contribution in [1.82, 2.24) is 14.8 Å². The predicted octanol–water partition coefficient (Wildman–Crippen LogP) is 4.79. The molecule has 0 atom stereocenters. The average molecular weight is 409 g/mol. The molecule has 1 saturated heterocycles. The summed E-state index contributed by atoms with van der Waals surface area (Å²) >= 11 is 0. The van der Waals surface area contributed by atoms with Crippen molar-refractivity contribution in [3.63, 3.8) is 0 Å². The quantitative estimate of drug-likeness (QED) is 0.515. The second-order valence-electron chi connectivity index (χ2n) is 7.64. The molecule has 2 aromatic carbocycles. The molecule has 0 spiro atoms. The molecule has 4 aromatic rings. The lowest BCUT2D eigenvalue weighted by Crippen LogP contribution is -2.19. The van der Waals surface area contributed by atoms with Crippen molar-refractivity contribution >= 4 is 17.4 Å². The van der Waals surface area contributed by atoms with E-state index >= 15 is 0 Å². The number of carbonyl (C=O) groups is 1. The maximum atomic E-state index is 12.6. The third-order valence-electron chi connectivity index (χ3n) is 5.55. The number of hydrogen-bond donors (Lipinski definition) is 1. The number of hydrogen-bond acceptors (Lipinski definition) is 4. The Bertz CT molecular complexity index is 1140. The molecule has 6 heteroatoms. The molecule has 1 N–H and O–H groups in total. The first kappa shape index (κ1) is 19.1. The number of anilines is 2. The molecular weight excluding hydrogens is 386 g/mol. The van der Waals surface area contributed by atoms with Crippen LogP contribution >= 0.6 is 0 Å². The van der Waals surface area contributed by atoms with Gasteiger partial charge in [0.05, 0.1) is 5.69 Å². The first-order valence-electron chi connectivity index (χ1n) is 10.5. The summed E-state index contributed by atoms with van der Waals surface area (Å²) in [5.41, 5.74) is 4.16. The first-order valence-corrected chi connectivity index (χ1v) is 10.5. The SMILES string of the molecule is O=C(Nc1ccc(-c2ccc(N3CCCC3)nn2)cc1)c1ccc(-n2cccc2)cc1. The van der Waals surface area contributed by atoms with Crippen molar-refractivity contribution in [2.75, 3.05) is 23.3 Å². The van der Waals surface area contributed by atoms with E-state index in [1.54, 1.807) is 0 Å². The van der Waals surface area contributed by atoms with Crippen LogP contribution in [0.3, 0.4) is 0 Å². The van der Waals surface area contributed by atoms with Crippen molar-refractivity contribution in [3.8, 4) is 16.9 Å². The van der Waals surface area contributed by atoms with Gasteiger partial charge in [-0.1, -0.05) is 12.1 Å². The van der Waals surface area contributed by atoms with Crippen LogP contribution in [0.4, 0.5) is 11.5 Å². The van der Waals surface area contributed by atoms with Crippen LogP contribution in [0.1, 0.15) is 23.2 Å². The summed E-state index contributed by atoms with van der Waals surface area (Å²) in [4.78, 5) is 14.8. The Morgan fingerprint density at radius 3 is 2.16 bits per heavy atom. The minimum atomic E-state index is -0.137. The van der Waals surface area contributed by atoms with Gasteiger partial charge in [0.25, 0.3) is 5.91 Å². The van der Waals surface area contributed by atoms with Gasteiger partial charge in [-0.05, 0) is 73.5 Å². The largest absolute Gasteiger partial charge is 0.355 e. The van der Waals surface area contributed by atoms with Crippen molar-refractivity contribution in [2.24, 2.45) is 0 Å². The molecule has 5 rings (SSSR count). The van der Waals surface area contributed by atoms with Crippen LogP contribution < -0.4 is 10.2 Å². The Balaban J connectivity index is 1.24. The summed E-state index contributed by atoms with van der Waals surface area (Å²) in [6, 6.07) is 23.2. The maximum Gasteiger partial charge on any atom is 0.255 e. The summed E-state index contributed by atoms with van der Waals surface area (Å²) in [5, 5.41) is 11.7. The third-order valence-corrected chi connectivity index (χ3v) is 5.55. The molecule has 31 heavy (non-hydrogen) atoms. The average Bonchev–Trinajstić information content (AvgIpc) is 3.55. The Hall–Kier alpha value is -3.93. The Kier molecular flexibility index (Phi) is 5.19. The second kappa shape index (κ2) is 8.44. The van der Waals surface area contributed by atoms with E-state index in [9.17, 15) is 4.79 Å². The molecule has 6 nitrogen and oxygen atoms in total. The molecule has 1 fully saturated rings. The first-order chi connectivity index (χ1) is 15.3. The van der Waals surface area contributed by atoms with Crippen LogP contribution in [0, 0.1) is 0 Å². The highest BCUT2D eigenvalue weighted by Crippen LogP contribution is 2.23. The predicted molar refractivity (Wildman–Crippen MR) is 123 cm³/mol. The van der Waals surface area contributed by atoms with E-state index in [1.807, 2.05) is 89.8 Å². The number of nitrogens with one attached hydrogen (secondary N) is 1. The lowest BCUT2D eigenvalue weighted by atomic mass is 10.1. The fourth-order valence-electron chi connectivity index (χ4n) is 3.81. The van der Waals surface area contributed by atoms with Crippen LogP contribution in [-0.2, 0) is 0 Å². The van der Waals surface area contributed by atoms with Gasteiger partial charge in [0, 0.05) is 48.0 Å². The number of amides is 1. The van der Waals surface area contributed by atoms with Crippen molar-refractivity contribution in [1.29, 1.82) is 0 Å². The highest BCUT2D eigenvalue weighted by atomic mass is 16.1. The molecule has 2 aromatic heterocycles. The van der Waals surface area contributed by atoms with E-state index in [0.717, 1.165) is 41.5 Å².